The summed E-state index contributed by atoms with van der Waals surface area (Å²) in [7, 11) is -1.02. The molecule has 2 N–H and O–H groups in total. The molecule has 136 valence electrons. The van der Waals surface area contributed by atoms with Gasteiger partial charge in [0.2, 0.25) is 0 Å². The molecule has 1 aliphatic heterocycles. The molecule has 0 spiro atoms. The summed E-state index contributed by atoms with van der Waals surface area (Å²) in [5.74, 6) is 0.291. The highest BCUT2D eigenvalue weighted by Gasteiger charge is 2.23. The number of hydrogen-bond donors (Lipinski definition) is 2. The molecule has 2 unspecified atom stereocenters. The van der Waals surface area contributed by atoms with Gasteiger partial charge < -0.3 is 15.1 Å². The number of piperidine rings is 1. The van der Waals surface area contributed by atoms with E-state index in [0.717, 1.165) is 24.9 Å². The highest BCUT2D eigenvalue weighted by atomic mass is 32.2. The number of urea groups is 1. The summed E-state index contributed by atoms with van der Waals surface area (Å²) in [6, 6.07) is 4.05. The number of furan rings is 1. The van der Waals surface area contributed by atoms with Crippen molar-refractivity contribution in [1.82, 2.24) is 14.9 Å². The molecule has 2 amide bonds. The standard InChI is InChI=1S/C17H22FN3O3S/c1-11-14-8-12(18)5-6-15(14)24-16(11)9-19-17(22)20-13-4-3-7-21(10-13)25(2)23/h5-6,8,13H,3-4,7,9-10H2,1-2H3,(H2,19,20,22). The Bertz CT molecular complexity index is 808. The minimum Gasteiger partial charge on any atom is -0.459 e. The molecule has 0 saturated carbocycles. The number of benzene rings is 1. The number of carbonyl (C=O) groups is 1. The number of fused-ring (bicyclic) bond motifs is 1. The Morgan fingerprint density at radius 2 is 2.28 bits per heavy atom. The average molecular weight is 367 g/mol. The van der Waals surface area contributed by atoms with Crippen molar-refractivity contribution >= 4 is 28.0 Å². The van der Waals surface area contributed by atoms with Crippen LogP contribution in [0.5, 0.6) is 0 Å². The lowest BCUT2D eigenvalue weighted by atomic mass is 10.1. The van der Waals surface area contributed by atoms with Crippen LogP contribution < -0.4 is 10.6 Å². The van der Waals surface area contributed by atoms with Gasteiger partial charge in [-0.1, -0.05) is 0 Å². The van der Waals surface area contributed by atoms with Gasteiger partial charge in [-0.05, 0) is 38.0 Å². The topological polar surface area (TPSA) is 74.6 Å². The maximum Gasteiger partial charge on any atom is 0.315 e. The highest BCUT2D eigenvalue weighted by Crippen LogP contribution is 2.25. The van der Waals surface area contributed by atoms with Crippen LogP contribution in [-0.4, -0.2) is 39.9 Å². The number of carbonyl (C=O) groups excluding carboxylic acids is 1. The van der Waals surface area contributed by atoms with Gasteiger partial charge in [-0.3, -0.25) is 0 Å². The largest absolute Gasteiger partial charge is 0.459 e. The quantitative estimate of drug-likeness (QED) is 0.872. The van der Waals surface area contributed by atoms with Gasteiger partial charge in [0.25, 0.3) is 0 Å². The molecule has 8 heteroatoms. The van der Waals surface area contributed by atoms with Crippen molar-refractivity contribution in [1.29, 1.82) is 0 Å². The van der Waals surface area contributed by atoms with Gasteiger partial charge in [-0.2, -0.15) is 0 Å². The van der Waals surface area contributed by atoms with E-state index >= 15 is 0 Å². The van der Waals surface area contributed by atoms with Crippen LogP contribution in [0, 0.1) is 12.7 Å². The lowest BCUT2D eigenvalue weighted by Gasteiger charge is -2.31. The molecule has 0 aliphatic carbocycles. The van der Waals surface area contributed by atoms with Crippen LogP contribution in [0.2, 0.25) is 0 Å². The van der Waals surface area contributed by atoms with E-state index in [1.807, 2.05) is 11.2 Å². The number of nitrogens with zero attached hydrogens (tertiary/aromatic N) is 1. The minimum atomic E-state index is -1.02. The molecular weight excluding hydrogens is 345 g/mol. The zero-order valence-corrected chi connectivity index (χ0v) is 15.1. The molecule has 3 rings (SSSR count). The lowest BCUT2D eigenvalue weighted by Crippen LogP contribution is -2.50. The highest BCUT2D eigenvalue weighted by molar-refractivity contribution is 7.81. The van der Waals surface area contributed by atoms with Crippen LogP contribution in [0.4, 0.5) is 9.18 Å². The fourth-order valence-corrected chi connectivity index (χ4v) is 3.88. The number of nitrogens with one attached hydrogen (secondary N) is 2. The van der Waals surface area contributed by atoms with Gasteiger partial charge in [0, 0.05) is 36.3 Å². The van der Waals surface area contributed by atoms with Crippen molar-refractivity contribution in [3.8, 4) is 0 Å². The van der Waals surface area contributed by atoms with Crippen molar-refractivity contribution in [3.05, 3.63) is 35.3 Å². The second kappa shape index (κ2) is 7.53. The third-order valence-electron chi connectivity index (χ3n) is 4.49. The fraction of sp³-hybridized carbons (Fsp3) is 0.471. The number of halogens is 1. The first-order valence-electron chi connectivity index (χ1n) is 8.24. The molecule has 2 aromatic rings. The van der Waals surface area contributed by atoms with E-state index in [0.29, 0.717) is 23.3 Å². The van der Waals surface area contributed by atoms with E-state index in [-0.39, 0.29) is 24.4 Å². The van der Waals surface area contributed by atoms with Crippen LogP contribution >= 0.6 is 0 Å². The molecule has 25 heavy (non-hydrogen) atoms. The van der Waals surface area contributed by atoms with Crippen LogP contribution in [0.1, 0.15) is 24.2 Å². The third kappa shape index (κ3) is 4.19. The van der Waals surface area contributed by atoms with E-state index in [1.165, 1.54) is 12.1 Å². The maximum atomic E-state index is 13.3. The maximum absolute atomic E-state index is 13.3. The van der Waals surface area contributed by atoms with Crippen molar-refractivity contribution in [3.63, 3.8) is 0 Å². The molecular formula is C17H22FN3O3S. The Morgan fingerprint density at radius 1 is 1.48 bits per heavy atom. The van der Waals surface area contributed by atoms with E-state index in [9.17, 15) is 13.4 Å². The molecule has 1 fully saturated rings. The monoisotopic (exact) mass is 367 g/mol. The van der Waals surface area contributed by atoms with Crippen molar-refractivity contribution in [2.45, 2.75) is 32.4 Å². The number of amides is 2. The van der Waals surface area contributed by atoms with Gasteiger partial charge in [0.1, 0.15) is 17.2 Å². The van der Waals surface area contributed by atoms with Crippen molar-refractivity contribution in [2.24, 2.45) is 0 Å². The van der Waals surface area contributed by atoms with Crippen LogP contribution in [0.15, 0.2) is 22.6 Å². The van der Waals surface area contributed by atoms with Gasteiger partial charge in [-0.25, -0.2) is 17.7 Å². The summed E-state index contributed by atoms with van der Waals surface area (Å²) in [6.07, 6.45) is 3.42. The summed E-state index contributed by atoms with van der Waals surface area (Å²) < 4.78 is 32.4. The lowest BCUT2D eigenvalue weighted by molar-refractivity contribution is 0.226. The van der Waals surface area contributed by atoms with E-state index in [1.54, 1.807) is 12.3 Å². The molecule has 1 aromatic carbocycles. The minimum absolute atomic E-state index is 0.0245. The zero-order chi connectivity index (χ0) is 18.0. The fourth-order valence-electron chi connectivity index (χ4n) is 3.10. The Kier molecular flexibility index (Phi) is 5.39. The van der Waals surface area contributed by atoms with E-state index in [4.69, 9.17) is 4.42 Å². The Labute approximate surface area is 148 Å². The van der Waals surface area contributed by atoms with Crippen LogP contribution in [-0.2, 0) is 17.5 Å². The predicted octanol–water partition coefficient (Wildman–Crippen LogP) is 2.44. The Hall–Kier alpha value is -1.93. The Morgan fingerprint density at radius 3 is 3.04 bits per heavy atom. The molecule has 2 heterocycles. The first-order chi connectivity index (χ1) is 11.9. The van der Waals surface area contributed by atoms with E-state index < -0.39 is 11.0 Å². The number of aryl methyl sites for hydroxylation is 1. The SMILES string of the molecule is Cc1c(CNC(=O)NC2CCCN(S(C)=O)C2)oc2ccc(F)cc12. The van der Waals surface area contributed by atoms with Gasteiger partial charge in [-0.15, -0.1) is 0 Å². The summed E-state index contributed by atoms with van der Waals surface area (Å²) in [6.45, 7) is 3.44. The van der Waals surface area contributed by atoms with Crippen LogP contribution in [0.25, 0.3) is 11.0 Å². The molecule has 1 saturated heterocycles. The summed E-state index contributed by atoms with van der Waals surface area (Å²) in [4.78, 5) is 12.1. The zero-order valence-electron chi connectivity index (χ0n) is 14.3. The molecule has 0 radical (unpaired) electrons. The molecule has 2 atom stereocenters. The van der Waals surface area contributed by atoms with Crippen molar-refractivity contribution in [2.75, 3.05) is 19.3 Å². The summed E-state index contributed by atoms with van der Waals surface area (Å²) >= 11 is 0. The summed E-state index contributed by atoms with van der Waals surface area (Å²) in [5.41, 5.74) is 1.42. The number of hydrogen-bond acceptors (Lipinski definition) is 3. The normalized spacial score (nSPS) is 19.7. The smallest absolute Gasteiger partial charge is 0.315 e. The van der Waals surface area contributed by atoms with Crippen LogP contribution in [0.3, 0.4) is 0 Å². The molecule has 1 aliphatic rings. The van der Waals surface area contributed by atoms with Crippen molar-refractivity contribution < 1.29 is 17.8 Å². The second-order valence-electron chi connectivity index (χ2n) is 6.27. The average Bonchev–Trinajstić information content (AvgIpc) is 2.89. The summed E-state index contributed by atoms with van der Waals surface area (Å²) in [5, 5.41) is 6.40. The van der Waals surface area contributed by atoms with Gasteiger partial charge >= 0.3 is 6.03 Å². The molecule has 1 aromatic heterocycles. The molecule has 0 bridgehead atoms. The van der Waals surface area contributed by atoms with E-state index in [2.05, 4.69) is 10.6 Å². The molecule has 6 nitrogen and oxygen atoms in total. The van der Waals surface area contributed by atoms with Gasteiger partial charge in [0.05, 0.1) is 17.5 Å². The number of rotatable bonds is 4. The van der Waals surface area contributed by atoms with Gasteiger partial charge in [0.15, 0.2) is 0 Å². The predicted molar refractivity (Wildman–Crippen MR) is 94.9 cm³/mol. The Balaban J connectivity index is 1.57. The first kappa shape index (κ1) is 17.9. The third-order valence-corrected chi connectivity index (χ3v) is 5.55. The first-order valence-corrected chi connectivity index (χ1v) is 9.76. The second-order valence-corrected chi connectivity index (χ2v) is 7.63.